The highest BCUT2D eigenvalue weighted by molar-refractivity contribution is 5.91. The molecular formula is C27H46O5. The number of rotatable bonds is 5. The average Bonchev–Trinajstić information content (AvgIpc) is 2.74. The lowest BCUT2D eigenvalue weighted by molar-refractivity contribution is -0.303. The molecule has 5 nitrogen and oxygen atoms in total. The Bertz CT molecular complexity index is 599. The summed E-state index contributed by atoms with van der Waals surface area (Å²) < 4.78 is 11.9. The molecule has 1 fully saturated rings. The molecule has 2 aliphatic heterocycles. The van der Waals surface area contributed by atoms with Crippen molar-refractivity contribution in [1.82, 2.24) is 0 Å². The normalized spacial score (nSPS) is 36.9. The summed E-state index contributed by atoms with van der Waals surface area (Å²) in [5.41, 5.74) is 1.03. The van der Waals surface area contributed by atoms with Gasteiger partial charge in [-0.3, -0.25) is 4.79 Å². The Morgan fingerprint density at radius 2 is 1.88 bits per heavy atom. The van der Waals surface area contributed by atoms with Crippen molar-refractivity contribution >= 4 is 5.78 Å². The summed E-state index contributed by atoms with van der Waals surface area (Å²) in [7, 11) is 0. The molecule has 2 aliphatic rings. The number of carbonyl (C=O) groups is 1. The van der Waals surface area contributed by atoms with Gasteiger partial charge in [0.25, 0.3) is 0 Å². The van der Waals surface area contributed by atoms with Crippen LogP contribution in [0.3, 0.4) is 0 Å². The fraction of sp³-hybridized carbons (Fsp3) is 0.815. The van der Waals surface area contributed by atoms with Crippen LogP contribution in [-0.2, 0) is 24.0 Å². The van der Waals surface area contributed by atoms with Crippen molar-refractivity contribution in [3.8, 4) is 0 Å². The van der Waals surface area contributed by atoms with E-state index in [0.717, 1.165) is 50.5 Å². The second-order valence-corrected chi connectivity index (χ2v) is 10.1. The van der Waals surface area contributed by atoms with Gasteiger partial charge in [-0.15, -0.1) is 0 Å². The van der Waals surface area contributed by atoms with Crippen LogP contribution >= 0.6 is 0 Å². The molecule has 0 aromatic rings. The van der Waals surface area contributed by atoms with Gasteiger partial charge in [0.15, 0.2) is 12.1 Å². The van der Waals surface area contributed by atoms with Crippen LogP contribution in [0.1, 0.15) is 86.0 Å². The van der Waals surface area contributed by atoms with E-state index in [1.54, 1.807) is 6.08 Å². The summed E-state index contributed by atoms with van der Waals surface area (Å²) in [5, 5.41) is 0. The fourth-order valence-corrected chi connectivity index (χ4v) is 4.76. The minimum atomic E-state index is -0.149. The van der Waals surface area contributed by atoms with E-state index in [0.29, 0.717) is 31.7 Å². The van der Waals surface area contributed by atoms with E-state index in [1.807, 2.05) is 13.0 Å². The Hall–Kier alpha value is -1.01. The first-order valence-corrected chi connectivity index (χ1v) is 12.8. The predicted octanol–water partition coefficient (Wildman–Crippen LogP) is 6.43. The SMILES string of the molecule is CCC[C@@H]1C[C@@H](C)CCOOCC(COC2CCCC(C)O2)/C=C(C)/C=C/C(=O)[C@H](C)C1. The Kier molecular flexibility index (Phi) is 12.8. The molecule has 0 spiro atoms. The molecule has 6 atom stereocenters. The Morgan fingerprint density at radius 3 is 2.62 bits per heavy atom. The zero-order valence-corrected chi connectivity index (χ0v) is 21.0. The number of allylic oxidation sites excluding steroid dienone is 3. The van der Waals surface area contributed by atoms with Crippen LogP contribution in [0.5, 0.6) is 0 Å². The van der Waals surface area contributed by atoms with E-state index >= 15 is 0 Å². The Labute approximate surface area is 195 Å². The zero-order chi connectivity index (χ0) is 23.3. The number of hydrogen-bond donors (Lipinski definition) is 0. The van der Waals surface area contributed by atoms with Crippen LogP contribution in [0, 0.1) is 23.7 Å². The van der Waals surface area contributed by atoms with Gasteiger partial charge in [-0.2, -0.15) is 0 Å². The maximum absolute atomic E-state index is 12.7. The van der Waals surface area contributed by atoms with Crippen molar-refractivity contribution in [2.45, 2.75) is 98.4 Å². The minimum absolute atomic E-state index is 0.0345. The molecule has 5 heteroatoms. The molecule has 32 heavy (non-hydrogen) atoms. The predicted molar refractivity (Wildman–Crippen MR) is 128 cm³/mol. The lowest BCUT2D eigenvalue weighted by atomic mass is 9.83. The molecule has 2 rings (SSSR count). The summed E-state index contributed by atoms with van der Waals surface area (Å²) in [4.78, 5) is 23.8. The van der Waals surface area contributed by atoms with Gasteiger partial charge in [0.05, 0.1) is 25.9 Å². The van der Waals surface area contributed by atoms with Crippen molar-refractivity contribution in [1.29, 1.82) is 0 Å². The second kappa shape index (κ2) is 15.0. The Morgan fingerprint density at radius 1 is 1.06 bits per heavy atom. The van der Waals surface area contributed by atoms with Crippen molar-refractivity contribution in [3.05, 3.63) is 23.8 Å². The quantitative estimate of drug-likeness (QED) is 0.452. The molecule has 3 unspecified atom stereocenters. The van der Waals surface area contributed by atoms with Crippen LogP contribution in [0.25, 0.3) is 0 Å². The van der Waals surface area contributed by atoms with E-state index in [1.165, 1.54) is 6.42 Å². The first kappa shape index (κ1) is 27.2. The molecule has 0 amide bonds. The van der Waals surface area contributed by atoms with Gasteiger partial charge in [0.2, 0.25) is 0 Å². The molecule has 0 saturated carbocycles. The Balaban J connectivity index is 2.03. The molecule has 0 N–H and O–H groups in total. The lowest BCUT2D eigenvalue weighted by Crippen LogP contribution is -2.30. The zero-order valence-electron chi connectivity index (χ0n) is 21.0. The van der Waals surface area contributed by atoms with Crippen molar-refractivity contribution in [3.63, 3.8) is 0 Å². The van der Waals surface area contributed by atoms with Gasteiger partial charge in [-0.05, 0) is 70.3 Å². The van der Waals surface area contributed by atoms with Gasteiger partial charge < -0.3 is 9.47 Å². The summed E-state index contributed by atoms with van der Waals surface area (Å²) in [6.07, 6.45) is 14.4. The molecule has 0 radical (unpaired) electrons. The highest BCUT2D eigenvalue weighted by Crippen LogP contribution is 2.27. The third kappa shape index (κ3) is 10.7. The first-order valence-electron chi connectivity index (χ1n) is 12.8. The summed E-state index contributed by atoms with van der Waals surface area (Å²) >= 11 is 0. The van der Waals surface area contributed by atoms with Crippen LogP contribution in [0.2, 0.25) is 0 Å². The first-order chi connectivity index (χ1) is 15.4. The number of ketones is 1. The number of hydrogen-bond acceptors (Lipinski definition) is 5. The van der Waals surface area contributed by atoms with Gasteiger partial charge in [-0.1, -0.05) is 51.3 Å². The van der Waals surface area contributed by atoms with Gasteiger partial charge in [0.1, 0.15) is 0 Å². The number of carbonyl (C=O) groups excluding carboxylic acids is 1. The van der Waals surface area contributed by atoms with Gasteiger partial charge >= 0.3 is 0 Å². The molecule has 0 aliphatic carbocycles. The van der Waals surface area contributed by atoms with Crippen LogP contribution in [0.4, 0.5) is 0 Å². The number of ether oxygens (including phenoxy) is 2. The maximum atomic E-state index is 12.7. The third-order valence-corrected chi connectivity index (χ3v) is 6.60. The molecule has 184 valence electrons. The molecule has 1 saturated heterocycles. The van der Waals surface area contributed by atoms with Gasteiger partial charge in [0, 0.05) is 11.8 Å². The van der Waals surface area contributed by atoms with E-state index in [9.17, 15) is 4.79 Å². The second-order valence-electron chi connectivity index (χ2n) is 10.1. The van der Waals surface area contributed by atoms with Crippen LogP contribution in [0.15, 0.2) is 23.8 Å². The van der Waals surface area contributed by atoms with Crippen molar-refractivity contribution in [2.75, 3.05) is 19.8 Å². The monoisotopic (exact) mass is 450 g/mol. The topological polar surface area (TPSA) is 54.0 Å². The highest BCUT2D eigenvalue weighted by Gasteiger charge is 2.22. The van der Waals surface area contributed by atoms with Crippen molar-refractivity contribution in [2.24, 2.45) is 23.7 Å². The van der Waals surface area contributed by atoms with E-state index < -0.39 is 0 Å². The molecule has 0 bridgehead atoms. The van der Waals surface area contributed by atoms with Gasteiger partial charge in [-0.25, -0.2) is 9.78 Å². The van der Waals surface area contributed by atoms with E-state index in [-0.39, 0.29) is 30.0 Å². The molecule has 0 aromatic heterocycles. The van der Waals surface area contributed by atoms with Crippen LogP contribution in [-0.4, -0.2) is 38.0 Å². The smallest absolute Gasteiger partial charge is 0.158 e. The van der Waals surface area contributed by atoms with Crippen LogP contribution < -0.4 is 0 Å². The lowest BCUT2D eigenvalue weighted by Gasteiger charge is -2.28. The summed E-state index contributed by atoms with van der Waals surface area (Å²) in [6, 6.07) is 0. The largest absolute Gasteiger partial charge is 0.352 e. The fourth-order valence-electron chi connectivity index (χ4n) is 4.76. The third-order valence-electron chi connectivity index (χ3n) is 6.60. The van der Waals surface area contributed by atoms with E-state index in [2.05, 4.69) is 33.8 Å². The molecule has 2 heterocycles. The summed E-state index contributed by atoms with van der Waals surface area (Å²) in [5.74, 6) is 1.44. The molecule has 0 aromatic carbocycles. The highest BCUT2D eigenvalue weighted by atomic mass is 17.2. The van der Waals surface area contributed by atoms with Crippen molar-refractivity contribution < 1.29 is 24.0 Å². The van der Waals surface area contributed by atoms with E-state index in [4.69, 9.17) is 19.2 Å². The molecular weight excluding hydrogens is 404 g/mol. The minimum Gasteiger partial charge on any atom is -0.352 e. The maximum Gasteiger partial charge on any atom is 0.158 e. The summed E-state index contributed by atoms with van der Waals surface area (Å²) in [6.45, 7) is 12.2. The standard InChI is InChI=1S/C27H46O5/c1-6-8-24-15-21(3)13-14-30-31-19-25(18-29-27-10-7-9-23(5)32-27)16-20(2)11-12-26(28)22(4)17-24/h11-12,16,21-25,27H,6-10,13-15,17-19H2,1-5H3/b12-11+,20-16+/t21-,22+,23?,24+,25?,27?/m0/s1. The average molecular weight is 451 g/mol.